The van der Waals surface area contributed by atoms with E-state index in [1.54, 1.807) is 54.6 Å². The molecule has 0 aliphatic rings. The van der Waals surface area contributed by atoms with Gasteiger partial charge in [-0.05, 0) is 29.8 Å². The molecule has 0 saturated carbocycles. The van der Waals surface area contributed by atoms with Crippen molar-refractivity contribution in [2.75, 3.05) is 11.9 Å². The van der Waals surface area contributed by atoms with Gasteiger partial charge >= 0.3 is 0 Å². The van der Waals surface area contributed by atoms with Crippen molar-refractivity contribution in [1.29, 1.82) is 5.26 Å². The Hall–Kier alpha value is -3.66. The molecule has 7 heteroatoms. The molecule has 0 spiro atoms. The number of amides is 3. The van der Waals surface area contributed by atoms with E-state index in [2.05, 4.69) is 16.0 Å². The van der Waals surface area contributed by atoms with Gasteiger partial charge in [0.05, 0.1) is 12.6 Å². The summed E-state index contributed by atoms with van der Waals surface area (Å²) in [6, 6.07) is 17.3. The quantitative estimate of drug-likeness (QED) is 0.704. The van der Waals surface area contributed by atoms with Gasteiger partial charge in [-0.15, -0.1) is 0 Å². The van der Waals surface area contributed by atoms with Crippen LogP contribution >= 0.6 is 0 Å². The van der Waals surface area contributed by atoms with Crippen LogP contribution in [0.25, 0.3) is 0 Å². The first-order valence-corrected chi connectivity index (χ1v) is 7.94. The minimum Gasteiger partial charge on any atom is -0.350 e. The number of nitrogens with zero attached hydrogens (tertiary/aromatic N) is 1. The first kappa shape index (κ1) is 18.7. The maximum absolute atomic E-state index is 11.8. The zero-order chi connectivity index (χ0) is 18.8. The highest BCUT2D eigenvalue weighted by atomic mass is 16.2. The first-order valence-electron chi connectivity index (χ1n) is 7.94. The van der Waals surface area contributed by atoms with Crippen LogP contribution in [0.4, 0.5) is 5.69 Å². The highest BCUT2D eigenvalue weighted by molar-refractivity contribution is 5.96. The van der Waals surface area contributed by atoms with Crippen molar-refractivity contribution in [3.8, 4) is 6.07 Å². The van der Waals surface area contributed by atoms with E-state index >= 15 is 0 Å². The molecule has 3 N–H and O–H groups in total. The van der Waals surface area contributed by atoms with E-state index in [4.69, 9.17) is 5.26 Å². The zero-order valence-corrected chi connectivity index (χ0v) is 14.0. The summed E-state index contributed by atoms with van der Waals surface area (Å²) in [7, 11) is 0. The Bertz CT molecular complexity index is 811. The van der Waals surface area contributed by atoms with Crippen molar-refractivity contribution < 1.29 is 14.4 Å². The van der Waals surface area contributed by atoms with Gasteiger partial charge in [-0.2, -0.15) is 5.26 Å². The molecular formula is C19H18N4O3. The molecule has 0 aliphatic carbocycles. The van der Waals surface area contributed by atoms with Gasteiger partial charge in [0, 0.05) is 17.8 Å². The topological polar surface area (TPSA) is 111 Å². The molecule has 0 heterocycles. The van der Waals surface area contributed by atoms with E-state index in [9.17, 15) is 14.4 Å². The Morgan fingerprint density at radius 1 is 0.885 bits per heavy atom. The van der Waals surface area contributed by atoms with E-state index in [1.807, 2.05) is 6.07 Å². The molecule has 2 aromatic rings. The van der Waals surface area contributed by atoms with E-state index in [0.29, 0.717) is 17.8 Å². The van der Waals surface area contributed by atoms with Crippen LogP contribution in [0.15, 0.2) is 54.6 Å². The molecule has 2 rings (SSSR count). The standard InChI is InChI=1S/C19H18N4O3/c20-11-10-17(24)23-16-8-6-14(7-9-16)12-21-18(25)13-22-19(26)15-4-2-1-3-5-15/h1-9H,10,12-13H2,(H,21,25)(H,22,26)(H,23,24). The Morgan fingerprint density at radius 2 is 1.58 bits per heavy atom. The van der Waals surface area contributed by atoms with Gasteiger partial charge in [0.15, 0.2) is 0 Å². The number of hydrogen-bond donors (Lipinski definition) is 3. The molecule has 2 aromatic carbocycles. The molecular weight excluding hydrogens is 332 g/mol. The lowest BCUT2D eigenvalue weighted by Gasteiger charge is -2.08. The summed E-state index contributed by atoms with van der Waals surface area (Å²) in [5, 5.41) is 16.3. The van der Waals surface area contributed by atoms with Crippen LogP contribution < -0.4 is 16.0 Å². The number of anilines is 1. The lowest BCUT2D eigenvalue weighted by molar-refractivity contribution is -0.120. The number of nitriles is 1. The van der Waals surface area contributed by atoms with Crippen LogP contribution in [0.3, 0.4) is 0 Å². The predicted molar refractivity (Wildman–Crippen MR) is 95.9 cm³/mol. The molecule has 0 fully saturated rings. The van der Waals surface area contributed by atoms with Crippen LogP contribution in [0.1, 0.15) is 22.3 Å². The number of nitrogens with one attached hydrogen (secondary N) is 3. The molecule has 0 aliphatic heterocycles. The Kier molecular flexibility index (Phi) is 6.89. The summed E-state index contributed by atoms with van der Waals surface area (Å²) in [5.74, 6) is -0.985. The van der Waals surface area contributed by atoms with Gasteiger partial charge in [0.2, 0.25) is 11.8 Å². The minimum atomic E-state index is -0.372. The molecule has 7 nitrogen and oxygen atoms in total. The molecule has 26 heavy (non-hydrogen) atoms. The predicted octanol–water partition coefficient (Wildman–Crippen LogP) is 1.58. The Balaban J connectivity index is 1.74. The largest absolute Gasteiger partial charge is 0.350 e. The molecule has 3 amide bonds. The lowest BCUT2D eigenvalue weighted by atomic mass is 10.2. The van der Waals surface area contributed by atoms with E-state index in [-0.39, 0.29) is 30.7 Å². The summed E-state index contributed by atoms with van der Waals surface area (Å²) >= 11 is 0. The van der Waals surface area contributed by atoms with Crippen molar-refractivity contribution in [3.63, 3.8) is 0 Å². The maximum atomic E-state index is 11.8. The summed E-state index contributed by atoms with van der Waals surface area (Å²) in [5.41, 5.74) is 1.91. The summed E-state index contributed by atoms with van der Waals surface area (Å²) in [6.45, 7) is 0.183. The van der Waals surface area contributed by atoms with Crippen molar-refractivity contribution in [1.82, 2.24) is 10.6 Å². The molecule has 0 radical (unpaired) electrons. The van der Waals surface area contributed by atoms with E-state index in [1.165, 1.54) is 0 Å². The highest BCUT2D eigenvalue weighted by Crippen LogP contribution is 2.09. The fraction of sp³-hybridized carbons (Fsp3) is 0.158. The third kappa shape index (κ3) is 6.09. The van der Waals surface area contributed by atoms with Gasteiger partial charge in [-0.25, -0.2) is 0 Å². The third-order valence-electron chi connectivity index (χ3n) is 3.41. The van der Waals surface area contributed by atoms with Crippen LogP contribution in [-0.2, 0) is 16.1 Å². The van der Waals surface area contributed by atoms with Crippen LogP contribution in [-0.4, -0.2) is 24.3 Å². The van der Waals surface area contributed by atoms with Crippen molar-refractivity contribution in [2.24, 2.45) is 0 Å². The monoisotopic (exact) mass is 350 g/mol. The van der Waals surface area contributed by atoms with Crippen molar-refractivity contribution in [2.45, 2.75) is 13.0 Å². The minimum absolute atomic E-state index is 0.115. The Labute approximate surface area is 151 Å². The number of hydrogen-bond acceptors (Lipinski definition) is 4. The summed E-state index contributed by atoms with van der Waals surface area (Å²) in [6.07, 6.45) is -0.202. The number of rotatable bonds is 7. The molecule has 0 atom stereocenters. The number of benzene rings is 2. The van der Waals surface area contributed by atoms with Gasteiger partial charge in [-0.3, -0.25) is 14.4 Å². The van der Waals surface area contributed by atoms with Crippen molar-refractivity contribution >= 4 is 23.4 Å². The first-order chi connectivity index (χ1) is 12.6. The fourth-order valence-electron chi connectivity index (χ4n) is 2.10. The molecule has 0 bridgehead atoms. The second-order valence-electron chi connectivity index (χ2n) is 5.41. The lowest BCUT2D eigenvalue weighted by Crippen LogP contribution is -2.36. The van der Waals surface area contributed by atoms with Crippen molar-refractivity contribution in [3.05, 3.63) is 65.7 Å². The van der Waals surface area contributed by atoms with E-state index in [0.717, 1.165) is 5.56 Å². The second kappa shape index (κ2) is 9.59. The highest BCUT2D eigenvalue weighted by Gasteiger charge is 2.07. The average Bonchev–Trinajstić information content (AvgIpc) is 2.66. The SMILES string of the molecule is N#CCC(=O)Nc1ccc(CNC(=O)CNC(=O)c2ccccc2)cc1. The number of carbonyl (C=O) groups is 3. The molecule has 0 aromatic heterocycles. The third-order valence-corrected chi connectivity index (χ3v) is 3.41. The van der Waals surface area contributed by atoms with Gasteiger partial charge in [0.25, 0.3) is 5.91 Å². The van der Waals surface area contributed by atoms with Gasteiger partial charge < -0.3 is 16.0 Å². The Morgan fingerprint density at radius 3 is 2.23 bits per heavy atom. The molecule has 0 saturated heterocycles. The maximum Gasteiger partial charge on any atom is 0.251 e. The normalized spacial score (nSPS) is 9.65. The van der Waals surface area contributed by atoms with Crippen LogP contribution in [0.2, 0.25) is 0 Å². The van der Waals surface area contributed by atoms with Crippen LogP contribution in [0.5, 0.6) is 0 Å². The van der Waals surface area contributed by atoms with Gasteiger partial charge in [0.1, 0.15) is 6.42 Å². The van der Waals surface area contributed by atoms with E-state index < -0.39 is 0 Å². The molecule has 132 valence electrons. The zero-order valence-electron chi connectivity index (χ0n) is 14.0. The second-order valence-corrected chi connectivity index (χ2v) is 5.41. The fourth-order valence-corrected chi connectivity index (χ4v) is 2.10. The average molecular weight is 350 g/mol. The summed E-state index contributed by atoms with van der Waals surface area (Å²) in [4.78, 5) is 35.0. The van der Waals surface area contributed by atoms with Gasteiger partial charge in [-0.1, -0.05) is 30.3 Å². The summed E-state index contributed by atoms with van der Waals surface area (Å²) < 4.78 is 0. The molecule has 0 unspecified atom stereocenters. The van der Waals surface area contributed by atoms with Crippen LogP contribution in [0, 0.1) is 11.3 Å². The smallest absolute Gasteiger partial charge is 0.251 e. The number of carbonyl (C=O) groups excluding carboxylic acids is 3.